The number of para-hydroxylation sites is 1. The van der Waals surface area contributed by atoms with Crippen LogP contribution < -0.4 is 0 Å². The van der Waals surface area contributed by atoms with Gasteiger partial charge in [0.05, 0.1) is 5.69 Å². The lowest BCUT2D eigenvalue weighted by atomic mass is 10.0. The Labute approximate surface area is 94.8 Å². The lowest BCUT2D eigenvalue weighted by Gasteiger charge is -1.98. The molecule has 0 saturated heterocycles. The minimum absolute atomic E-state index is 1.06. The maximum absolute atomic E-state index is 4.38. The van der Waals surface area contributed by atoms with Crippen LogP contribution in [0, 0.1) is 0 Å². The van der Waals surface area contributed by atoms with E-state index in [4.69, 9.17) is 0 Å². The van der Waals surface area contributed by atoms with E-state index in [1.54, 1.807) is 0 Å². The van der Waals surface area contributed by atoms with Crippen LogP contribution >= 0.6 is 0 Å². The molecule has 2 aromatic carbocycles. The van der Waals surface area contributed by atoms with Crippen molar-refractivity contribution < 1.29 is 0 Å². The molecule has 1 heteroatoms. The molecule has 0 unspecified atom stereocenters. The van der Waals surface area contributed by atoms with Crippen molar-refractivity contribution in [1.29, 1.82) is 0 Å². The second-order valence-electron chi connectivity index (χ2n) is 3.79. The summed E-state index contributed by atoms with van der Waals surface area (Å²) >= 11 is 0. The van der Waals surface area contributed by atoms with Gasteiger partial charge in [-0.25, -0.2) is 0 Å². The third-order valence-corrected chi connectivity index (χ3v) is 2.68. The number of hydrogen-bond donors (Lipinski definition) is 0. The first kappa shape index (κ1) is 9.10. The van der Waals surface area contributed by atoms with Gasteiger partial charge in [-0.2, -0.15) is 0 Å². The third kappa shape index (κ3) is 1.57. The first-order valence-corrected chi connectivity index (χ1v) is 5.34. The van der Waals surface area contributed by atoms with Crippen molar-refractivity contribution in [3.8, 4) is 0 Å². The van der Waals surface area contributed by atoms with Gasteiger partial charge in [-0.1, -0.05) is 48.5 Å². The summed E-state index contributed by atoms with van der Waals surface area (Å²) in [4.78, 5) is 4.38. The van der Waals surface area contributed by atoms with E-state index < -0.39 is 0 Å². The summed E-state index contributed by atoms with van der Waals surface area (Å²) in [6.07, 6.45) is 4.09. The van der Waals surface area contributed by atoms with Crippen LogP contribution in [-0.4, -0.2) is 6.21 Å². The Morgan fingerprint density at radius 2 is 1.56 bits per heavy atom. The topological polar surface area (TPSA) is 12.4 Å². The molecule has 0 N–H and O–H groups in total. The molecule has 16 heavy (non-hydrogen) atoms. The summed E-state index contributed by atoms with van der Waals surface area (Å²) in [5.41, 5.74) is 4.67. The van der Waals surface area contributed by atoms with Gasteiger partial charge in [-0.3, -0.25) is 4.99 Å². The standard InChI is InChI=1S/C15H11N/c1-2-6-12(7-3-1)10-13-11-16-15-9-5-4-8-14(13)15/h1-11H/b13-10+. The first-order valence-electron chi connectivity index (χ1n) is 5.34. The number of rotatable bonds is 1. The predicted octanol–water partition coefficient (Wildman–Crippen LogP) is 3.94. The van der Waals surface area contributed by atoms with E-state index in [2.05, 4.69) is 29.3 Å². The van der Waals surface area contributed by atoms with Gasteiger partial charge in [0.1, 0.15) is 0 Å². The van der Waals surface area contributed by atoms with Crippen molar-refractivity contribution in [2.24, 2.45) is 4.99 Å². The molecule has 1 heterocycles. The van der Waals surface area contributed by atoms with Crippen LogP contribution in [0.25, 0.3) is 11.6 Å². The molecule has 0 amide bonds. The summed E-state index contributed by atoms with van der Waals surface area (Å²) in [5, 5.41) is 0. The average Bonchev–Trinajstić information content (AvgIpc) is 2.74. The fourth-order valence-corrected chi connectivity index (χ4v) is 1.88. The largest absolute Gasteiger partial charge is 0.256 e. The second kappa shape index (κ2) is 3.78. The van der Waals surface area contributed by atoms with E-state index in [9.17, 15) is 0 Å². The van der Waals surface area contributed by atoms with Crippen LogP contribution in [0.2, 0.25) is 0 Å². The normalized spacial score (nSPS) is 15.4. The molecule has 3 rings (SSSR count). The van der Waals surface area contributed by atoms with Crippen molar-refractivity contribution in [2.45, 2.75) is 0 Å². The number of hydrogen-bond acceptors (Lipinski definition) is 1. The molecule has 0 saturated carbocycles. The zero-order chi connectivity index (χ0) is 10.8. The van der Waals surface area contributed by atoms with Crippen LogP contribution in [-0.2, 0) is 0 Å². The van der Waals surface area contributed by atoms with Crippen LogP contribution in [0.3, 0.4) is 0 Å². The Balaban J connectivity index is 2.06. The molecule has 0 atom stereocenters. The minimum Gasteiger partial charge on any atom is -0.256 e. The molecule has 1 aliphatic heterocycles. The zero-order valence-electron chi connectivity index (χ0n) is 8.80. The molecule has 1 aliphatic rings. The van der Waals surface area contributed by atoms with Crippen LogP contribution in [0.5, 0.6) is 0 Å². The highest BCUT2D eigenvalue weighted by molar-refractivity contribution is 6.21. The molecule has 76 valence electrons. The molecule has 0 spiro atoms. The quantitative estimate of drug-likeness (QED) is 0.668. The highest BCUT2D eigenvalue weighted by Gasteiger charge is 2.10. The average molecular weight is 205 g/mol. The Kier molecular flexibility index (Phi) is 2.15. The molecule has 0 fully saturated rings. The zero-order valence-corrected chi connectivity index (χ0v) is 8.80. The van der Waals surface area contributed by atoms with E-state index in [0.29, 0.717) is 0 Å². The molecule has 0 aromatic heterocycles. The fourth-order valence-electron chi connectivity index (χ4n) is 1.88. The van der Waals surface area contributed by atoms with Gasteiger partial charge >= 0.3 is 0 Å². The first-order chi connectivity index (χ1) is 7.93. The summed E-state index contributed by atoms with van der Waals surface area (Å²) in [6.45, 7) is 0. The third-order valence-electron chi connectivity index (χ3n) is 2.68. The summed E-state index contributed by atoms with van der Waals surface area (Å²) in [6, 6.07) is 18.5. The molecule has 0 aliphatic carbocycles. The molecule has 1 nitrogen and oxygen atoms in total. The Hall–Kier alpha value is -2.15. The van der Waals surface area contributed by atoms with Crippen LogP contribution in [0.4, 0.5) is 5.69 Å². The SMILES string of the molecule is C1=Nc2ccccc2/C1=C/c1ccccc1. The Bertz CT molecular complexity index is 565. The van der Waals surface area contributed by atoms with E-state index in [-0.39, 0.29) is 0 Å². The maximum atomic E-state index is 4.38. The van der Waals surface area contributed by atoms with Gasteiger partial charge in [0.25, 0.3) is 0 Å². The summed E-state index contributed by atoms with van der Waals surface area (Å²) in [5.74, 6) is 0. The highest BCUT2D eigenvalue weighted by Crippen LogP contribution is 2.31. The van der Waals surface area contributed by atoms with E-state index in [1.165, 1.54) is 16.7 Å². The summed E-state index contributed by atoms with van der Waals surface area (Å²) in [7, 11) is 0. The number of benzene rings is 2. The Morgan fingerprint density at radius 1 is 0.812 bits per heavy atom. The van der Waals surface area contributed by atoms with Crippen molar-refractivity contribution in [3.05, 3.63) is 65.7 Å². The lowest BCUT2D eigenvalue weighted by molar-refractivity contribution is 1.55. The molecule has 0 bridgehead atoms. The van der Waals surface area contributed by atoms with Gasteiger partial charge in [-0.15, -0.1) is 0 Å². The van der Waals surface area contributed by atoms with E-state index in [0.717, 1.165) is 5.69 Å². The maximum Gasteiger partial charge on any atom is 0.0708 e. The highest BCUT2D eigenvalue weighted by atomic mass is 14.7. The van der Waals surface area contributed by atoms with Crippen molar-refractivity contribution in [2.75, 3.05) is 0 Å². The molecule has 2 aromatic rings. The van der Waals surface area contributed by atoms with Gasteiger partial charge in [0.15, 0.2) is 0 Å². The Morgan fingerprint density at radius 3 is 2.44 bits per heavy atom. The van der Waals surface area contributed by atoms with Crippen molar-refractivity contribution >= 4 is 23.6 Å². The smallest absolute Gasteiger partial charge is 0.0708 e. The van der Waals surface area contributed by atoms with Crippen molar-refractivity contribution in [1.82, 2.24) is 0 Å². The fraction of sp³-hybridized carbons (Fsp3) is 0. The monoisotopic (exact) mass is 205 g/mol. The van der Waals surface area contributed by atoms with E-state index >= 15 is 0 Å². The van der Waals surface area contributed by atoms with Crippen LogP contribution in [0.1, 0.15) is 11.1 Å². The number of allylic oxidation sites excluding steroid dienone is 1. The number of aliphatic imine (C=N–C) groups is 1. The van der Waals surface area contributed by atoms with Gasteiger partial charge in [-0.05, 0) is 17.7 Å². The predicted molar refractivity (Wildman–Crippen MR) is 68.9 cm³/mol. The van der Waals surface area contributed by atoms with Gasteiger partial charge < -0.3 is 0 Å². The van der Waals surface area contributed by atoms with Gasteiger partial charge in [0, 0.05) is 17.4 Å². The molecular weight excluding hydrogens is 194 g/mol. The van der Waals surface area contributed by atoms with Gasteiger partial charge in [0.2, 0.25) is 0 Å². The second-order valence-corrected chi connectivity index (χ2v) is 3.79. The van der Waals surface area contributed by atoms with Crippen molar-refractivity contribution in [3.63, 3.8) is 0 Å². The van der Waals surface area contributed by atoms with Crippen LogP contribution in [0.15, 0.2) is 59.6 Å². The minimum atomic E-state index is 1.06. The molecule has 0 radical (unpaired) electrons. The van der Waals surface area contributed by atoms with E-state index in [1.807, 2.05) is 42.6 Å². The number of nitrogens with zero attached hydrogens (tertiary/aromatic N) is 1. The molecular formula is C15H11N. The summed E-state index contributed by atoms with van der Waals surface area (Å²) < 4.78 is 0. The number of fused-ring (bicyclic) bond motifs is 1. The lowest BCUT2D eigenvalue weighted by Crippen LogP contribution is -1.79.